The first-order valence-corrected chi connectivity index (χ1v) is 7.47. The van der Waals surface area contributed by atoms with Gasteiger partial charge in [-0.1, -0.05) is 37.3 Å². The zero-order chi connectivity index (χ0) is 14.4. The Hall–Kier alpha value is -1.61. The van der Waals surface area contributed by atoms with E-state index in [1.807, 2.05) is 6.07 Å². The molecule has 1 aromatic carbocycles. The van der Waals surface area contributed by atoms with Gasteiger partial charge in [0.05, 0.1) is 5.69 Å². The van der Waals surface area contributed by atoms with Crippen molar-refractivity contribution in [3.63, 3.8) is 0 Å². The molecular weight excluding hydrogens is 248 g/mol. The molecule has 3 nitrogen and oxygen atoms in total. The van der Waals surface area contributed by atoms with E-state index in [0.29, 0.717) is 0 Å². The maximum atomic E-state index is 9.65. The zero-order valence-electron chi connectivity index (χ0n) is 12.4. The molecule has 0 aliphatic carbocycles. The summed E-state index contributed by atoms with van der Waals surface area (Å²) in [6.07, 6.45) is 2.75. The van der Waals surface area contributed by atoms with Crippen LogP contribution in [0.15, 0.2) is 36.4 Å². The van der Waals surface area contributed by atoms with Crippen LogP contribution in [0.1, 0.15) is 30.8 Å². The number of aliphatic hydroxyl groups excluding tert-OH is 1. The number of hydrogen-bond donors (Lipinski definition) is 1. The SMILES string of the molecule is CCc1cc(CC(CO)Cc2ccccc2)n(CC)n1. The second-order valence-electron chi connectivity index (χ2n) is 5.24. The molecule has 0 saturated carbocycles. The quantitative estimate of drug-likeness (QED) is 0.841. The Bertz CT molecular complexity index is 519. The summed E-state index contributed by atoms with van der Waals surface area (Å²) in [4.78, 5) is 0. The molecule has 0 radical (unpaired) electrons. The Morgan fingerprint density at radius 1 is 1.15 bits per heavy atom. The lowest BCUT2D eigenvalue weighted by Gasteiger charge is -2.15. The second kappa shape index (κ2) is 7.25. The summed E-state index contributed by atoms with van der Waals surface area (Å²) in [5.41, 5.74) is 3.66. The van der Waals surface area contributed by atoms with Crippen molar-refractivity contribution in [2.45, 2.75) is 39.7 Å². The highest BCUT2D eigenvalue weighted by Gasteiger charge is 2.14. The molecule has 108 valence electrons. The number of aryl methyl sites for hydroxylation is 2. The van der Waals surface area contributed by atoms with Gasteiger partial charge in [0.25, 0.3) is 0 Å². The van der Waals surface area contributed by atoms with Crippen LogP contribution in [0.5, 0.6) is 0 Å². The summed E-state index contributed by atoms with van der Waals surface area (Å²) in [7, 11) is 0. The van der Waals surface area contributed by atoms with E-state index in [0.717, 1.165) is 31.5 Å². The third-order valence-electron chi connectivity index (χ3n) is 3.70. The molecule has 0 fully saturated rings. The van der Waals surface area contributed by atoms with Gasteiger partial charge in [-0.3, -0.25) is 4.68 Å². The molecule has 1 unspecified atom stereocenters. The van der Waals surface area contributed by atoms with Crippen LogP contribution in [0.3, 0.4) is 0 Å². The smallest absolute Gasteiger partial charge is 0.0624 e. The van der Waals surface area contributed by atoms with E-state index in [-0.39, 0.29) is 12.5 Å². The second-order valence-corrected chi connectivity index (χ2v) is 5.24. The summed E-state index contributed by atoms with van der Waals surface area (Å²) >= 11 is 0. The molecule has 0 aliphatic heterocycles. The molecule has 1 N–H and O–H groups in total. The predicted molar refractivity (Wildman–Crippen MR) is 81.7 cm³/mol. The lowest BCUT2D eigenvalue weighted by Crippen LogP contribution is -2.15. The van der Waals surface area contributed by atoms with Crippen molar-refractivity contribution in [1.29, 1.82) is 0 Å². The van der Waals surface area contributed by atoms with Crippen LogP contribution < -0.4 is 0 Å². The minimum absolute atomic E-state index is 0.214. The van der Waals surface area contributed by atoms with Gasteiger partial charge in [0.1, 0.15) is 0 Å². The van der Waals surface area contributed by atoms with Crippen molar-refractivity contribution >= 4 is 0 Å². The van der Waals surface area contributed by atoms with Gasteiger partial charge in [-0.25, -0.2) is 0 Å². The summed E-state index contributed by atoms with van der Waals surface area (Å²) in [6.45, 7) is 5.34. The van der Waals surface area contributed by atoms with E-state index in [1.165, 1.54) is 11.3 Å². The van der Waals surface area contributed by atoms with Crippen molar-refractivity contribution in [3.05, 3.63) is 53.3 Å². The van der Waals surface area contributed by atoms with E-state index in [1.54, 1.807) is 0 Å². The Morgan fingerprint density at radius 2 is 1.90 bits per heavy atom. The topological polar surface area (TPSA) is 38.0 Å². The van der Waals surface area contributed by atoms with Gasteiger partial charge in [-0.2, -0.15) is 5.10 Å². The molecule has 2 aromatic rings. The highest BCUT2D eigenvalue weighted by Crippen LogP contribution is 2.16. The van der Waals surface area contributed by atoms with Crippen molar-refractivity contribution in [2.24, 2.45) is 5.92 Å². The zero-order valence-corrected chi connectivity index (χ0v) is 12.4. The van der Waals surface area contributed by atoms with Gasteiger partial charge >= 0.3 is 0 Å². The van der Waals surface area contributed by atoms with Crippen molar-refractivity contribution < 1.29 is 5.11 Å². The lowest BCUT2D eigenvalue weighted by atomic mass is 9.95. The molecule has 2 rings (SSSR count). The molecule has 20 heavy (non-hydrogen) atoms. The molecule has 0 saturated heterocycles. The van der Waals surface area contributed by atoms with Crippen LogP contribution in [0.2, 0.25) is 0 Å². The number of hydrogen-bond acceptors (Lipinski definition) is 2. The molecule has 1 atom stereocenters. The molecule has 0 amide bonds. The first-order chi connectivity index (χ1) is 9.76. The number of aliphatic hydroxyl groups is 1. The van der Waals surface area contributed by atoms with Crippen LogP contribution in [0, 0.1) is 5.92 Å². The Kier molecular flexibility index (Phi) is 5.36. The van der Waals surface area contributed by atoms with Gasteiger partial charge in [-0.15, -0.1) is 0 Å². The number of benzene rings is 1. The van der Waals surface area contributed by atoms with Crippen LogP contribution in [0.4, 0.5) is 0 Å². The van der Waals surface area contributed by atoms with Crippen LogP contribution in [-0.2, 0) is 25.8 Å². The van der Waals surface area contributed by atoms with Gasteiger partial charge in [0, 0.05) is 18.8 Å². The normalized spacial score (nSPS) is 12.6. The standard InChI is InChI=1S/C17H24N2O/c1-3-16-12-17(19(4-2)18-16)11-15(13-20)10-14-8-6-5-7-9-14/h5-9,12,15,20H,3-4,10-11,13H2,1-2H3. The molecule has 3 heteroatoms. The van der Waals surface area contributed by atoms with Crippen LogP contribution in [-0.4, -0.2) is 21.5 Å². The van der Waals surface area contributed by atoms with Crippen LogP contribution in [0.25, 0.3) is 0 Å². The molecule has 1 aromatic heterocycles. The lowest BCUT2D eigenvalue weighted by molar-refractivity contribution is 0.223. The van der Waals surface area contributed by atoms with E-state index >= 15 is 0 Å². The molecule has 1 heterocycles. The average Bonchev–Trinajstić information content (AvgIpc) is 2.89. The van der Waals surface area contributed by atoms with Gasteiger partial charge in [0.2, 0.25) is 0 Å². The fourth-order valence-electron chi connectivity index (χ4n) is 2.57. The number of nitrogens with zero attached hydrogens (tertiary/aromatic N) is 2. The molecule has 0 spiro atoms. The first kappa shape index (κ1) is 14.8. The van der Waals surface area contributed by atoms with E-state index in [4.69, 9.17) is 0 Å². The highest BCUT2D eigenvalue weighted by molar-refractivity contribution is 5.17. The Morgan fingerprint density at radius 3 is 2.50 bits per heavy atom. The summed E-state index contributed by atoms with van der Waals surface area (Å²) in [5.74, 6) is 0.254. The highest BCUT2D eigenvalue weighted by atomic mass is 16.3. The monoisotopic (exact) mass is 272 g/mol. The summed E-state index contributed by atoms with van der Waals surface area (Å²) < 4.78 is 2.06. The Labute approximate surface area is 121 Å². The Balaban J connectivity index is 2.08. The van der Waals surface area contributed by atoms with Crippen molar-refractivity contribution in [3.8, 4) is 0 Å². The van der Waals surface area contributed by atoms with Crippen molar-refractivity contribution in [1.82, 2.24) is 9.78 Å². The summed E-state index contributed by atoms with van der Waals surface area (Å²) in [6, 6.07) is 12.5. The van der Waals surface area contributed by atoms with Gasteiger partial charge in [-0.05, 0) is 43.7 Å². The van der Waals surface area contributed by atoms with E-state index < -0.39 is 0 Å². The van der Waals surface area contributed by atoms with E-state index in [9.17, 15) is 5.11 Å². The van der Waals surface area contributed by atoms with Gasteiger partial charge < -0.3 is 5.11 Å². The molecular formula is C17H24N2O. The van der Waals surface area contributed by atoms with Crippen molar-refractivity contribution in [2.75, 3.05) is 6.61 Å². The maximum absolute atomic E-state index is 9.65. The predicted octanol–water partition coefficient (Wildman–Crippen LogP) is 2.86. The minimum atomic E-state index is 0.214. The largest absolute Gasteiger partial charge is 0.396 e. The maximum Gasteiger partial charge on any atom is 0.0624 e. The van der Waals surface area contributed by atoms with Gasteiger partial charge in [0.15, 0.2) is 0 Å². The molecule has 0 bridgehead atoms. The fourth-order valence-corrected chi connectivity index (χ4v) is 2.57. The average molecular weight is 272 g/mol. The summed E-state index contributed by atoms with van der Waals surface area (Å²) in [5, 5.41) is 14.2. The number of aromatic nitrogens is 2. The van der Waals surface area contributed by atoms with E-state index in [2.05, 4.69) is 54.0 Å². The van der Waals surface area contributed by atoms with Crippen LogP contribution >= 0.6 is 0 Å². The fraction of sp³-hybridized carbons (Fsp3) is 0.471. The molecule has 0 aliphatic rings. The third-order valence-corrected chi connectivity index (χ3v) is 3.70. The minimum Gasteiger partial charge on any atom is -0.396 e. The first-order valence-electron chi connectivity index (χ1n) is 7.47. The number of rotatable bonds is 7. The third kappa shape index (κ3) is 3.70.